The lowest BCUT2D eigenvalue weighted by Gasteiger charge is -2.13. The standard InChI is InChI=1S/C23H22N2/c1-18-10-6-8-14-21(18)24-17-16-23(20-12-4-3-5-13-20)25-22-15-9-7-11-19(22)2/h3-17,25H,1-2H3/b23-16-,24-17?. The Labute approximate surface area is 149 Å². The summed E-state index contributed by atoms with van der Waals surface area (Å²) in [5.74, 6) is 0. The first-order chi connectivity index (χ1) is 12.2. The van der Waals surface area contributed by atoms with E-state index in [1.807, 2.05) is 60.8 Å². The minimum Gasteiger partial charge on any atom is -0.355 e. The molecule has 0 unspecified atom stereocenters. The van der Waals surface area contributed by atoms with Crippen LogP contribution in [0.1, 0.15) is 16.7 Å². The molecule has 0 aliphatic rings. The van der Waals surface area contributed by atoms with Crippen LogP contribution in [0.3, 0.4) is 0 Å². The SMILES string of the molecule is Cc1ccccc1N=C/C=C(\Nc1ccccc1C)c1ccccc1. The molecule has 3 aromatic rings. The van der Waals surface area contributed by atoms with Crippen molar-refractivity contribution in [1.29, 1.82) is 0 Å². The zero-order valence-electron chi connectivity index (χ0n) is 14.6. The zero-order chi connectivity index (χ0) is 17.5. The Kier molecular flexibility index (Phi) is 5.43. The molecule has 0 saturated carbocycles. The Balaban J connectivity index is 1.91. The number of nitrogens with zero attached hydrogens (tertiary/aromatic N) is 1. The second kappa shape index (κ2) is 8.11. The molecule has 2 nitrogen and oxygen atoms in total. The Hall–Kier alpha value is -3.13. The third-order valence-corrected chi connectivity index (χ3v) is 4.07. The van der Waals surface area contributed by atoms with Gasteiger partial charge >= 0.3 is 0 Å². The van der Waals surface area contributed by atoms with E-state index in [0.717, 1.165) is 22.6 Å². The van der Waals surface area contributed by atoms with E-state index in [9.17, 15) is 0 Å². The molecule has 124 valence electrons. The highest BCUT2D eigenvalue weighted by molar-refractivity contribution is 5.90. The van der Waals surface area contributed by atoms with Crippen molar-refractivity contribution in [3.63, 3.8) is 0 Å². The average molecular weight is 326 g/mol. The largest absolute Gasteiger partial charge is 0.355 e. The van der Waals surface area contributed by atoms with Crippen LogP contribution in [0.5, 0.6) is 0 Å². The van der Waals surface area contributed by atoms with Crippen molar-refractivity contribution in [1.82, 2.24) is 0 Å². The third-order valence-electron chi connectivity index (χ3n) is 4.07. The van der Waals surface area contributed by atoms with Crippen LogP contribution >= 0.6 is 0 Å². The van der Waals surface area contributed by atoms with Gasteiger partial charge in [-0.1, -0.05) is 66.7 Å². The number of aryl methyl sites for hydroxylation is 2. The second-order valence-corrected chi connectivity index (χ2v) is 5.95. The van der Waals surface area contributed by atoms with E-state index in [1.165, 1.54) is 11.1 Å². The molecule has 0 bridgehead atoms. The molecular formula is C23H22N2. The highest BCUT2D eigenvalue weighted by Gasteiger charge is 2.03. The van der Waals surface area contributed by atoms with E-state index < -0.39 is 0 Å². The van der Waals surface area contributed by atoms with Crippen molar-refractivity contribution in [2.75, 3.05) is 5.32 Å². The van der Waals surface area contributed by atoms with Crippen LogP contribution < -0.4 is 5.32 Å². The van der Waals surface area contributed by atoms with E-state index >= 15 is 0 Å². The summed E-state index contributed by atoms with van der Waals surface area (Å²) in [5, 5.41) is 3.53. The Morgan fingerprint density at radius 3 is 2.12 bits per heavy atom. The van der Waals surface area contributed by atoms with Gasteiger partial charge in [0.15, 0.2) is 0 Å². The van der Waals surface area contributed by atoms with Gasteiger partial charge in [0, 0.05) is 17.6 Å². The average Bonchev–Trinajstić information content (AvgIpc) is 2.65. The fourth-order valence-corrected chi connectivity index (χ4v) is 2.59. The molecule has 0 aliphatic carbocycles. The first kappa shape index (κ1) is 16.7. The molecule has 3 rings (SSSR count). The molecule has 0 aliphatic heterocycles. The van der Waals surface area contributed by atoms with Crippen LogP contribution in [-0.4, -0.2) is 6.21 Å². The van der Waals surface area contributed by atoms with Crippen LogP contribution in [0.25, 0.3) is 5.70 Å². The van der Waals surface area contributed by atoms with E-state index in [4.69, 9.17) is 0 Å². The van der Waals surface area contributed by atoms with Gasteiger partial charge < -0.3 is 5.32 Å². The van der Waals surface area contributed by atoms with Crippen LogP contribution in [0.15, 0.2) is 89.9 Å². The van der Waals surface area contributed by atoms with Crippen molar-refractivity contribution < 1.29 is 0 Å². The smallest absolute Gasteiger partial charge is 0.0658 e. The zero-order valence-corrected chi connectivity index (χ0v) is 14.6. The fraction of sp³-hybridized carbons (Fsp3) is 0.0870. The normalized spacial score (nSPS) is 11.7. The molecule has 0 aromatic heterocycles. The number of hydrogen-bond acceptors (Lipinski definition) is 2. The summed E-state index contributed by atoms with van der Waals surface area (Å²) in [6.07, 6.45) is 3.88. The maximum Gasteiger partial charge on any atom is 0.0658 e. The molecule has 2 heteroatoms. The monoisotopic (exact) mass is 326 g/mol. The van der Waals surface area contributed by atoms with E-state index in [2.05, 4.69) is 54.5 Å². The highest BCUT2D eigenvalue weighted by atomic mass is 14.9. The molecule has 0 fully saturated rings. The fourth-order valence-electron chi connectivity index (χ4n) is 2.59. The summed E-state index contributed by atoms with van der Waals surface area (Å²) in [4.78, 5) is 4.59. The van der Waals surface area contributed by atoms with Crippen molar-refractivity contribution in [2.24, 2.45) is 4.99 Å². The molecule has 3 aromatic carbocycles. The molecule has 25 heavy (non-hydrogen) atoms. The van der Waals surface area contributed by atoms with Gasteiger partial charge in [-0.05, 0) is 48.7 Å². The number of para-hydroxylation sites is 2. The van der Waals surface area contributed by atoms with Gasteiger partial charge in [-0.15, -0.1) is 0 Å². The van der Waals surface area contributed by atoms with Gasteiger partial charge in [-0.25, -0.2) is 0 Å². The number of anilines is 1. The Morgan fingerprint density at radius 2 is 1.40 bits per heavy atom. The molecule has 1 N–H and O–H groups in total. The lowest BCUT2D eigenvalue weighted by Crippen LogP contribution is -2.00. The van der Waals surface area contributed by atoms with Crippen molar-refractivity contribution in [3.05, 3.63) is 102 Å². The lowest BCUT2D eigenvalue weighted by molar-refractivity contribution is 1.41. The molecule has 0 radical (unpaired) electrons. The maximum atomic E-state index is 4.59. The van der Waals surface area contributed by atoms with Crippen LogP contribution in [0.2, 0.25) is 0 Å². The molecule has 0 amide bonds. The molecular weight excluding hydrogens is 304 g/mol. The van der Waals surface area contributed by atoms with Crippen LogP contribution in [0.4, 0.5) is 11.4 Å². The third kappa shape index (κ3) is 4.45. The van der Waals surface area contributed by atoms with Gasteiger partial charge in [-0.2, -0.15) is 0 Å². The lowest BCUT2D eigenvalue weighted by atomic mass is 10.1. The van der Waals surface area contributed by atoms with E-state index in [-0.39, 0.29) is 0 Å². The number of hydrogen-bond donors (Lipinski definition) is 1. The van der Waals surface area contributed by atoms with Crippen molar-refractivity contribution in [3.8, 4) is 0 Å². The first-order valence-corrected chi connectivity index (χ1v) is 8.42. The van der Waals surface area contributed by atoms with Gasteiger partial charge in [0.2, 0.25) is 0 Å². The van der Waals surface area contributed by atoms with Gasteiger partial charge in [0.1, 0.15) is 0 Å². The van der Waals surface area contributed by atoms with Crippen LogP contribution in [0, 0.1) is 13.8 Å². The first-order valence-electron chi connectivity index (χ1n) is 8.42. The molecule has 0 atom stereocenters. The summed E-state index contributed by atoms with van der Waals surface area (Å²) in [5.41, 5.74) is 6.61. The van der Waals surface area contributed by atoms with Crippen molar-refractivity contribution in [2.45, 2.75) is 13.8 Å². The number of benzene rings is 3. The minimum atomic E-state index is 0.988. The number of allylic oxidation sites excluding steroid dienone is 1. The summed E-state index contributed by atoms with van der Waals surface area (Å²) in [6, 6.07) is 26.7. The predicted molar refractivity (Wildman–Crippen MR) is 109 cm³/mol. The number of aliphatic imine (C=N–C) groups is 1. The second-order valence-electron chi connectivity index (χ2n) is 5.95. The van der Waals surface area contributed by atoms with Gasteiger partial charge in [0.05, 0.1) is 5.69 Å². The minimum absolute atomic E-state index is 0.988. The Bertz CT molecular complexity index is 893. The summed E-state index contributed by atoms with van der Waals surface area (Å²) >= 11 is 0. The quantitative estimate of drug-likeness (QED) is 0.558. The van der Waals surface area contributed by atoms with E-state index in [0.29, 0.717) is 0 Å². The number of rotatable bonds is 5. The summed E-state index contributed by atoms with van der Waals surface area (Å²) in [7, 11) is 0. The predicted octanol–water partition coefficient (Wildman–Crippen LogP) is 6.16. The molecule has 0 heterocycles. The van der Waals surface area contributed by atoms with E-state index in [1.54, 1.807) is 0 Å². The van der Waals surface area contributed by atoms with Gasteiger partial charge in [-0.3, -0.25) is 4.99 Å². The van der Waals surface area contributed by atoms with Crippen molar-refractivity contribution >= 4 is 23.3 Å². The topological polar surface area (TPSA) is 24.4 Å². The van der Waals surface area contributed by atoms with Gasteiger partial charge in [0.25, 0.3) is 0 Å². The molecule has 0 saturated heterocycles. The molecule has 0 spiro atoms. The highest BCUT2D eigenvalue weighted by Crippen LogP contribution is 2.22. The maximum absolute atomic E-state index is 4.59. The number of nitrogens with one attached hydrogen (secondary N) is 1. The van der Waals surface area contributed by atoms with Crippen LogP contribution in [-0.2, 0) is 0 Å². The summed E-state index contributed by atoms with van der Waals surface area (Å²) in [6.45, 7) is 4.17. The Morgan fingerprint density at radius 1 is 0.760 bits per heavy atom. The summed E-state index contributed by atoms with van der Waals surface area (Å²) < 4.78 is 0.